The minimum Gasteiger partial charge on any atom is -0.477 e. The molecule has 1 saturated heterocycles. The highest BCUT2D eigenvalue weighted by Crippen LogP contribution is 2.41. The lowest BCUT2D eigenvalue weighted by molar-refractivity contribution is -0.138. The topological polar surface area (TPSA) is 98.1 Å². The summed E-state index contributed by atoms with van der Waals surface area (Å²) < 4.78 is 13.5. The zero-order valence-corrected chi connectivity index (χ0v) is 17.9. The number of carbonyl (C=O) groups is 2. The number of aromatic nitrogens is 1. The van der Waals surface area contributed by atoms with Gasteiger partial charge < -0.3 is 24.0 Å². The number of pyridine rings is 1. The minimum atomic E-state index is -1.22. The Morgan fingerprint density at radius 2 is 1.94 bits per heavy atom. The molecule has 8 nitrogen and oxygen atoms in total. The van der Waals surface area contributed by atoms with E-state index in [4.69, 9.17) is 9.47 Å². The fourth-order valence-corrected chi connectivity index (χ4v) is 4.67. The lowest BCUT2D eigenvalue weighted by Crippen LogP contribution is -2.37. The van der Waals surface area contributed by atoms with Crippen molar-refractivity contribution in [2.24, 2.45) is 0 Å². The number of allylic oxidation sites excluding steroid dienone is 2. The first-order chi connectivity index (χ1) is 14.9. The van der Waals surface area contributed by atoms with E-state index in [1.165, 1.54) is 12.3 Å². The predicted molar refractivity (Wildman–Crippen MR) is 114 cm³/mol. The Balaban J connectivity index is 1.63. The standard InChI is InChI=1S/C23H28N2O6/c1-3-15-8-14-9-21(31-13-22(27)24-6-4-5-7-24)20(30-2)10-16(14)18-11-19(26)17(23(28)29)12-25(15)18/h9-12,15,20-21H,3-8,13H2,1-2H3,(H,28,29). The number of aromatic carboxylic acids is 1. The summed E-state index contributed by atoms with van der Waals surface area (Å²) in [6, 6.07) is 1.43. The molecule has 1 fully saturated rings. The Hall–Kier alpha value is -2.71. The first kappa shape index (κ1) is 21.5. The maximum atomic E-state index is 12.4. The molecule has 0 radical (unpaired) electrons. The molecule has 8 heteroatoms. The van der Waals surface area contributed by atoms with Crippen LogP contribution in [0.25, 0.3) is 5.57 Å². The number of rotatable bonds is 6. The maximum Gasteiger partial charge on any atom is 0.341 e. The molecule has 1 aromatic rings. The van der Waals surface area contributed by atoms with Crippen molar-refractivity contribution in [3.8, 4) is 0 Å². The number of carboxylic acid groups (broad SMARTS) is 1. The Bertz CT molecular complexity index is 1000. The van der Waals surface area contributed by atoms with E-state index in [-0.39, 0.29) is 24.1 Å². The van der Waals surface area contributed by atoms with Gasteiger partial charge in [-0.15, -0.1) is 0 Å². The highest BCUT2D eigenvalue weighted by Gasteiger charge is 2.33. The van der Waals surface area contributed by atoms with Gasteiger partial charge in [0.15, 0.2) is 5.43 Å². The number of amides is 1. The Morgan fingerprint density at radius 1 is 1.19 bits per heavy atom. The Kier molecular flexibility index (Phi) is 6.11. The van der Waals surface area contributed by atoms with Crippen molar-refractivity contribution in [3.63, 3.8) is 0 Å². The summed E-state index contributed by atoms with van der Waals surface area (Å²) in [7, 11) is 1.58. The summed E-state index contributed by atoms with van der Waals surface area (Å²) in [6.45, 7) is 3.61. The number of hydrogen-bond donors (Lipinski definition) is 1. The van der Waals surface area contributed by atoms with Gasteiger partial charge in [-0.25, -0.2) is 4.79 Å². The molecule has 3 aliphatic rings. The molecule has 0 spiro atoms. The second-order valence-electron chi connectivity index (χ2n) is 8.25. The van der Waals surface area contributed by atoms with Gasteiger partial charge in [0.05, 0.1) is 5.69 Å². The summed E-state index contributed by atoms with van der Waals surface area (Å²) in [5, 5.41) is 9.35. The van der Waals surface area contributed by atoms with E-state index in [1.807, 2.05) is 28.5 Å². The molecule has 1 aromatic heterocycles. The van der Waals surface area contributed by atoms with Crippen LogP contribution in [0.1, 0.15) is 54.7 Å². The van der Waals surface area contributed by atoms with Gasteiger partial charge in [0.1, 0.15) is 24.4 Å². The van der Waals surface area contributed by atoms with Gasteiger partial charge in [0.2, 0.25) is 5.91 Å². The molecule has 166 valence electrons. The van der Waals surface area contributed by atoms with Gasteiger partial charge in [-0.2, -0.15) is 0 Å². The highest BCUT2D eigenvalue weighted by atomic mass is 16.5. The third kappa shape index (κ3) is 4.09. The smallest absolute Gasteiger partial charge is 0.341 e. The van der Waals surface area contributed by atoms with E-state index < -0.39 is 23.6 Å². The third-order valence-corrected chi connectivity index (χ3v) is 6.40. The van der Waals surface area contributed by atoms with Crippen LogP contribution < -0.4 is 5.43 Å². The van der Waals surface area contributed by atoms with Crippen LogP contribution in [0.5, 0.6) is 0 Å². The fraction of sp³-hybridized carbons (Fsp3) is 0.522. The van der Waals surface area contributed by atoms with Crippen molar-refractivity contribution < 1.29 is 24.2 Å². The molecule has 1 aliphatic carbocycles. The summed E-state index contributed by atoms with van der Waals surface area (Å²) >= 11 is 0. The van der Waals surface area contributed by atoms with Crippen LogP contribution in [-0.2, 0) is 14.3 Å². The lowest BCUT2D eigenvalue weighted by atomic mass is 9.83. The Labute approximate surface area is 180 Å². The lowest BCUT2D eigenvalue weighted by Gasteiger charge is -2.36. The largest absolute Gasteiger partial charge is 0.477 e. The molecule has 1 N–H and O–H groups in total. The summed E-state index contributed by atoms with van der Waals surface area (Å²) in [4.78, 5) is 38.0. The molecule has 0 aromatic carbocycles. The normalized spacial score (nSPS) is 24.8. The average molecular weight is 428 g/mol. The minimum absolute atomic E-state index is 0.00583. The zero-order valence-electron chi connectivity index (χ0n) is 17.9. The monoisotopic (exact) mass is 428 g/mol. The van der Waals surface area contributed by atoms with E-state index in [1.54, 1.807) is 7.11 Å². The molecular weight excluding hydrogens is 400 g/mol. The number of nitrogens with zero attached hydrogens (tertiary/aromatic N) is 2. The van der Waals surface area contributed by atoms with Crippen LogP contribution in [0.3, 0.4) is 0 Å². The maximum absolute atomic E-state index is 12.4. The van der Waals surface area contributed by atoms with Gasteiger partial charge in [-0.3, -0.25) is 9.59 Å². The van der Waals surface area contributed by atoms with Crippen molar-refractivity contribution >= 4 is 17.4 Å². The van der Waals surface area contributed by atoms with Crippen LogP contribution in [0.2, 0.25) is 0 Å². The number of hydrogen-bond acceptors (Lipinski definition) is 5. The second kappa shape index (κ2) is 8.80. The first-order valence-electron chi connectivity index (χ1n) is 10.8. The van der Waals surface area contributed by atoms with E-state index in [0.29, 0.717) is 12.1 Å². The number of likely N-dealkylation sites (tertiary alicyclic amines) is 1. The molecule has 31 heavy (non-hydrogen) atoms. The molecule has 3 unspecified atom stereocenters. The summed E-state index contributed by atoms with van der Waals surface area (Å²) in [5.74, 6) is -1.23. The molecule has 3 heterocycles. The van der Waals surface area contributed by atoms with Crippen LogP contribution in [-0.4, -0.2) is 65.5 Å². The summed E-state index contributed by atoms with van der Waals surface area (Å²) in [5.41, 5.74) is 1.83. The second-order valence-corrected chi connectivity index (χ2v) is 8.25. The third-order valence-electron chi connectivity index (χ3n) is 6.40. The predicted octanol–water partition coefficient (Wildman–Crippen LogP) is 2.25. The van der Waals surface area contributed by atoms with Crippen LogP contribution in [0.4, 0.5) is 0 Å². The molecule has 4 rings (SSSR count). The average Bonchev–Trinajstić information content (AvgIpc) is 3.30. The van der Waals surface area contributed by atoms with Crippen LogP contribution in [0, 0.1) is 0 Å². The number of ether oxygens (including phenoxy) is 2. The Morgan fingerprint density at radius 3 is 2.58 bits per heavy atom. The van der Waals surface area contributed by atoms with Gasteiger partial charge in [-0.1, -0.05) is 6.92 Å². The highest BCUT2D eigenvalue weighted by molar-refractivity contribution is 5.88. The first-order valence-corrected chi connectivity index (χ1v) is 10.8. The molecule has 2 aliphatic heterocycles. The SMILES string of the molecule is CCC1CC2=CC(OCC(=O)N3CCCC3)C(OC)C=C2c2cc(=O)c(C(=O)O)cn21. The van der Waals surface area contributed by atoms with E-state index in [0.717, 1.165) is 43.5 Å². The molecular formula is C23H28N2O6. The zero-order chi connectivity index (χ0) is 22.1. The van der Waals surface area contributed by atoms with Crippen LogP contribution >= 0.6 is 0 Å². The van der Waals surface area contributed by atoms with Crippen molar-refractivity contribution in [3.05, 3.63) is 51.5 Å². The van der Waals surface area contributed by atoms with Crippen molar-refractivity contribution in [1.29, 1.82) is 0 Å². The van der Waals surface area contributed by atoms with Crippen molar-refractivity contribution in [2.75, 3.05) is 26.8 Å². The van der Waals surface area contributed by atoms with Gasteiger partial charge >= 0.3 is 5.97 Å². The number of carboxylic acids is 1. The van der Waals surface area contributed by atoms with E-state index in [9.17, 15) is 19.5 Å². The van der Waals surface area contributed by atoms with Crippen molar-refractivity contribution in [1.82, 2.24) is 9.47 Å². The van der Waals surface area contributed by atoms with Gasteiger partial charge in [0.25, 0.3) is 0 Å². The van der Waals surface area contributed by atoms with Gasteiger partial charge in [-0.05, 0) is 43.4 Å². The van der Waals surface area contributed by atoms with Gasteiger partial charge in [0, 0.05) is 44.1 Å². The van der Waals surface area contributed by atoms with Crippen LogP contribution in [0.15, 0.2) is 34.8 Å². The molecule has 1 amide bonds. The molecule has 0 bridgehead atoms. The summed E-state index contributed by atoms with van der Waals surface area (Å²) in [6.07, 6.45) is 8.08. The quantitative estimate of drug-likeness (QED) is 0.746. The number of fused-ring (bicyclic) bond motifs is 3. The van der Waals surface area contributed by atoms with E-state index >= 15 is 0 Å². The molecule has 0 saturated carbocycles. The molecule has 3 atom stereocenters. The van der Waals surface area contributed by atoms with E-state index in [2.05, 4.69) is 0 Å². The fourth-order valence-electron chi connectivity index (χ4n) is 4.67. The number of methoxy groups -OCH3 is 1. The van der Waals surface area contributed by atoms with Crippen molar-refractivity contribution in [2.45, 2.75) is 50.9 Å². The number of carbonyl (C=O) groups excluding carboxylic acids is 1.